The molecule has 0 aliphatic carbocycles. The number of halogens is 1. The number of benzene rings is 1. The van der Waals surface area contributed by atoms with Crippen molar-refractivity contribution in [1.29, 1.82) is 0 Å². The van der Waals surface area contributed by atoms with Crippen LogP contribution in [-0.4, -0.2) is 28.9 Å². The number of nitrogens with zero attached hydrogens (tertiary/aromatic N) is 1. The number of aromatic nitrogens is 1. The van der Waals surface area contributed by atoms with E-state index in [4.69, 9.17) is 11.6 Å². The predicted molar refractivity (Wildman–Crippen MR) is 87.4 cm³/mol. The zero-order chi connectivity index (χ0) is 14.8. The number of aromatic amines is 1. The molecule has 1 N–H and O–H groups in total. The van der Waals surface area contributed by atoms with E-state index in [0.29, 0.717) is 13.0 Å². The molecule has 110 valence electrons. The molecule has 4 heteroatoms. The van der Waals surface area contributed by atoms with Crippen molar-refractivity contribution in [1.82, 2.24) is 9.88 Å². The molecule has 1 amide bonds. The molecular weight excluding hydrogens is 284 g/mol. The molecule has 1 aromatic heterocycles. The van der Waals surface area contributed by atoms with Gasteiger partial charge in [0, 0.05) is 47.2 Å². The van der Waals surface area contributed by atoms with Crippen molar-refractivity contribution in [2.75, 3.05) is 13.1 Å². The van der Waals surface area contributed by atoms with E-state index in [9.17, 15) is 4.79 Å². The molecular formula is C17H19ClN2O. The topological polar surface area (TPSA) is 36.1 Å². The van der Waals surface area contributed by atoms with E-state index in [2.05, 4.69) is 17.1 Å². The Hall–Kier alpha value is -1.74. The van der Waals surface area contributed by atoms with Gasteiger partial charge in [-0.3, -0.25) is 4.79 Å². The minimum Gasteiger partial charge on any atom is -0.361 e. The summed E-state index contributed by atoms with van der Waals surface area (Å²) in [5.74, 6) is 0.263. The summed E-state index contributed by atoms with van der Waals surface area (Å²) in [5, 5.41) is 1.93. The maximum Gasteiger partial charge on any atom is 0.222 e. The quantitative estimate of drug-likeness (QED) is 0.904. The standard InChI is InChI=1S/C17H19ClN2O/c1-2-3-17(21)20-8-6-12(7-9-20)15-11-19-16-10-13(18)4-5-14(15)16/h4-6,10-11,19H,2-3,7-9H2,1H3. The third kappa shape index (κ3) is 2.84. The van der Waals surface area contributed by atoms with Crippen LogP contribution in [0.4, 0.5) is 0 Å². The van der Waals surface area contributed by atoms with Gasteiger partial charge < -0.3 is 9.88 Å². The maximum absolute atomic E-state index is 11.9. The summed E-state index contributed by atoms with van der Waals surface area (Å²) in [6, 6.07) is 5.92. The lowest BCUT2D eigenvalue weighted by molar-refractivity contribution is -0.130. The fourth-order valence-corrected chi connectivity index (χ4v) is 3.05. The summed E-state index contributed by atoms with van der Waals surface area (Å²) in [6.45, 7) is 3.57. The highest BCUT2D eigenvalue weighted by Crippen LogP contribution is 2.30. The highest BCUT2D eigenvalue weighted by molar-refractivity contribution is 6.31. The summed E-state index contributed by atoms with van der Waals surface area (Å²) < 4.78 is 0. The monoisotopic (exact) mass is 302 g/mol. The molecule has 21 heavy (non-hydrogen) atoms. The van der Waals surface area contributed by atoms with Gasteiger partial charge in [0.1, 0.15) is 0 Å². The number of H-pyrrole nitrogens is 1. The second kappa shape index (κ2) is 5.94. The molecule has 0 saturated heterocycles. The van der Waals surface area contributed by atoms with Crippen LogP contribution < -0.4 is 0 Å². The normalized spacial score (nSPS) is 15.3. The molecule has 2 aromatic rings. The zero-order valence-corrected chi connectivity index (χ0v) is 12.9. The maximum atomic E-state index is 11.9. The average molecular weight is 303 g/mol. The van der Waals surface area contributed by atoms with E-state index in [0.717, 1.165) is 29.9 Å². The number of hydrogen-bond donors (Lipinski definition) is 1. The molecule has 0 radical (unpaired) electrons. The summed E-state index contributed by atoms with van der Waals surface area (Å²) in [7, 11) is 0. The molecule has 0 saturated carbocycles. The molecule has 3 rings (SSSR count). The second-order valence-electron chi connectivity index (χ2n) is 5.46. The molecule has 0 spiro atoms. The lowest BCUT2D eigenvalue weighted by Gasteiger charge is -2.26. The van der Waals surface area contributed by atoms with Gasteiger partial charge in [-0.2, -0.15) is 0 Å². The Morgan fingerprint density at radius 1 is 1.43 bits per heavy atom. The first-order chi connectivity index (χ1) is 10.2. The van der Waals surface area contributed by atoms with Gasteiger partial charge in [-0.1, -0.05) is 30.7 Å². The lowest BCUT2D eigenvalue weighted by Crippen LogP contribution is -2.34. The van der Waals surface area contributed by atoms with E-state index >= 15 is 0 Å². The van der Waals surface area contributed by atoms with Crippen LogP contribution in [0.1, 0.15) is 31.7 Å². The SMILES string of the molecule is CCCC(=O)N1CC=C(c2c[nH]c3cc(Cl)ccc23)CC1. The van der Waals surface area contributed by atoms with Crippen LogP contribution >= 0.6 is 11.6 Å². The summed E-state index contributed by atoms with van der Waals surface area (Å²) >= 11 is 6.02. The van der Waals surface area contributed by atoms with Gasteiger partial charge in [0.05, 0.1) is 0 Å². The summed E-state index contributed by atoms with van der Waals surface area (Å²) in [4.78, 5) is 17.1. The third-order valence-corrected chi connectivity index (χ3v) is 4.25. The van der Waals surface area contributed by atoms with E-state index < -0.39 is 0 Å². The highest BCUT2D eigenvalue weighted by Gasteiger charge is 2.18. The van der Waals surface area contributed by atoms with E-state index in [1.54, 1.807) is 0 Å². The van der Waals surface area contributed by atoms with Crippen molar-refractivity contribution in [3.05, 3.63) is 41.1 Å². The van der Waals surface area contributed by atoms with Crippen LogP contribution in [0.25, 0.3) is 16.5 Å². The van der Waals surface area contributed by atoms with Crippen LogP contribution in [0.15, 0.2) is 30.5 Å². The van der Waals surface area contributed by atoms with Crippen molar-refractivity contribution in [3.8, 4) is 0 Å². The molecule has 0 atom stereocenters. The molecule has 2 heterocycles. The van der Waals surface area contributed by atoms with E-state index in [1.807, 2.05) is 30.2 Å². The van der Waals surface area contributed by atoms with Crippen LogP contribution in [0.3, 0.4) is 0 Å². The summed E-state index contributed by atoms with van der Waals surface area (Å²) in [6.07, 6.45) is 6.68. The minimum atomic E-state index is 0.263. The Morgan fingerprint density at radius 3 is 3.00 bits per heavy atom. The molecule has 0 unspecified atom stereocenters. The number of amides is 1. The van der Waals surface area contributed by atoms with Gasteiger partial charge in [-0.15, -0.1) is 0 Å². The molecule has 1 aromatic carbocycles. The highest BCUT2D eigenvalue weighted by atomic mass is 35.5. The second-order valence-corrected chi connectivity index (χ2v) is 5.90. The van der Waals surface area contributed by atoms with Crippen molar-refractivity contribution < 1.29 is 4.79 Å². The first kappa shape index (κ1) is 14.2. The lowest BCUT2D eigenvalue weighted by atomic mass is 9.99. The van der Waals surface area contributed by atoms with Gasteiger partial charge in [0.15, 0.2) is 0 Å². The third-order valence-electron chi connectivity index (χ3n) is 4.02. The van der Waals surface area contributed by atoms with Gasteiger partial charge in [0.25, 0.3) is 0 Å². The fraction of sp³-hybridized carbons (Fsp3) is 0.353. The largest absolute Gasteiger partial charge is 0.361 e. The van der Waals surface area contributed by atoms with Crippen LogP contribution in [0.5, 0.6) is 0 Å². The predicted octanol–water partition coefficient (Wildman–Crippen LogP) is 4.24. The van der Waals surface area contributed by atoms with Gasteiger partial charge in [-0.25, -0.2) is 0 Å². The van der Waals surface area contributed by atoms with Crippen LogP contribution in [-0.2, 0) is 4.79 Å². The average Bonchev–Trinajstić information content (AvgIpc) is 2.90. The smallest absolute Gasteiger partial charge is 0.222 e. The van der Waals surface area contributed by atoms with Crippen molar-refractivity contribution >= 4 is 34.0 Å². The zero-order valence-electron chi connectivity index (χ0n) is 12.2. The number of fused-ring (bicyclic) bond motifs is 1. The Morgan fingerprint density at radius 2 is 2.29 bits per heavy atom. The Bertz CT molecular complexity index is 702. The molecule has 3 nitrogen and oxygen atoms in total. The van der Waals surface area contributed by atoms with Crippen molar-refractivity contribution in [2.45, 2.75) is 26.2 Å². The van der Waals surface area contributed by atoms with Crippen LogP contribution in [0, 0.1) is 0 Å². The fourth-order valence-electron chi connectivity index (χ4n) is 2.88. The number of hydrogen-bond acceptors (Lipinski definition) is 1. The Balaban J connectivity index is 1.83. The van der Waals surface area contributed by atoms with Gasteiger partial charge in [0.2, 0.25) is 5.91 Å². The summed E-state index contributed by atoms with van der Waals surface area (Å²) in [5.41, 5.74) is 3.59. The minimum absolute atomic E-state index is 0.263. The van der Waals surface area contributed by atoms with Gasteiger partial charge in [-0.05, 0) is 30.5 Å². The first-order valence-corrected chi connectivity index (χ1v) is 7.80. The van der Waals surface area contributed by atoms with Crippen LogP contribution in [0.2, 0.25) is 5.02 Å². The Labute approximate surface area is 129 Å². The number of rotatable bonds is 3. The van der Waals surface area contributed by atoms with E-state index in [-0.39, 0.29) is 5.91 Å². The molecule has 0 fully saturated rings. The Kier molecular flexibility index (Phi) is 4.02. The first-order valence-electron chi connectivity index (χ1n) is 7.43. The van der Waals surface area contributed by atoms with Crippen molar-refractivity contribution in [2.24, 2.45) is 0 Å². The molecule has 1 aliphatic heterocycles. The molecule has 0 bridgehead atoms. The number of nitrogens with one attached hydrogen (secondary N) is 1. The van der Waals surface area contributed by atoms with E-state index in [1.165, 1.54) is 16.5 Å². The number of carbonyl (C=O) groups is 1. The number of carbonyl (C=O) groups excluding carboxylic acids is 1. The molecule has 1 aliphatic rings. The van der Waals surface area contributed by atoms with Gasteiger partial charge >= 0.3 is 0 Å². The van der Waals surface area contributed by atoms with Crippen molar-refractivity contribution in [3.63, 3.8) is 0 Å².